The van der Waals surface area contributed by atoms with Gasteiger partial charge in [0.05, 0.1) is 12.8 Å². The molecule has 1 aromatic heterocycles. The molecule has 0 saturated carbocycles. The first kappa shape index (κ1) is 18.5. The Labute approximate surface area is 148 Å². The smallest absolute Gasteiger partial charge is 0.221 e. The summed E-state index contributed by atoms with van der Waals surface area (Å²) < 4.78 is 5.31. The fourth-order valence-corrected chi connectivity index (χ4v) is 3.78. The van der Waals surface area contributed by atoms with E-state index >= 15 is 0 Å². The summed E-state index contributed by atoms with van der Waals surface area (Å²) in [7, 11) is 1.60. The highest BCUT2D eigenvalue weighted by molar-refractivity contribution is 7.11. The number of rotatable bonds is 7. The minimum Gasteiger partial charge on any atom is -0.495 e. The zero-order valence-corrected chi connectivity index (χ0v) is 15.8. The molecule has 1 amide bonds. The van der Waals surface area contributed by atoms with Gasteiger partial charge in [-0.2, -0.15) is 0 Å². The highest BCUT2D eigenvalue weighted by Crippen LogP contribution is 2.28. The molecule has 2 aromatic rings. The molecular weight excluding hydrogens is 320 g/mol. The van der Waals surface area contributed by atoms with Gasteiger partial charge >= 0.3 is 0 Å². The summed E-state index contributed by atoms with van der Waals surface area (Å²) in [4.78, 5) is 14.1. The normalized spacial score (nSPS) is 13.4. The van der Waals surface area contributed by atoms with Gasteiger partial charge in [-0.25, -0.2) is 0 Å². The summed E-state index contributed by atoms with van der Waals surface area (Å²) in [5.41, 5.74) is 1.83. The molecule has 5 heteroatoms. The van der Waals surface area contributed by atoms with Crippen molar-refractivity contribution in [2.75, 3.05) is 12.4 Å². The summed E-state index contributed by atoms with van der Waals surface area (Å²) in [6, 6.07) is 10.8. The van der Waals surface area contributed by atoms with Gasteiger partial charge in [0.15, 0.2) is 0 Å². The van der Waals surface area contributed by atoms with Crippen molar-refractivity contribution in [3.8, 4) is 5.75 Å². The second-order valence-corrected chi connectivity index (χ2v) is 7.52. The molecule has 0 fully saturated rings. The van der Waals surface area contributed by atoms with Gasteiger partial charge in [-0.1, -0.05) is 6.07 Å². The lowest BCUT2D eigenvalue weighted by molar-refractivity contribution is -0.114. The van der Waals surface area contributed by atoms with Crippen LogP contribution in [0.15, 0.2) is 30.3 Å². The van der Waals surface area contributed by atoms with Crippen molar-refractivity contribution in [1.29, 1.82) is 0 Å². The van der Waals surface area contributed by atoms with E-state index in [1.54, 1.807) is 7.11 Å². The van der Waals surface area contributed by atoms with E-state index in [9.17, 15) is 4.79 Å². The average Bonchev–Trinajstić information content (AvgIpc) is 2.91. The molecule has 24 heavy (non-hydrogen) atoms. The van der Waals surface area contributed by atoms with Crippen molar-refractivity contribution in [2.45, 2.75) is 46.2 Å². The van der Waals surface area contributed by atoms with E-state index in [-0.39, 0.29) is 11.9 Å². The summed E-state index contributed by atoms with van der Waals surface area (Å²) in [5, 5.41) is 6.45. The number of methoxy groups -OCH3 is 1. The highest BCUT2D eigenvalue weighted by atomic mass is 32.1. The number of thiophene rings is 1. The van der Waals surface area contributed by atoms with Crippen LogP contribution in [0.3, 0.4) is 0 Å². The van der Waals surface area contributed by atoms with Gasteiger partial charge in [0, 0.05) is 28.8 Å². The molecule has 2 atom stereocenters. The first-order chi connectivity index (χ1) is 11.4. The standard InChI is InChI=1S/C19H26N2O2S/c1-12(10-17-8-6-13(2)24-17)20-14(3)16-7-9-19(23-5)18(11-16)21-15(4)22/h6-9,11-12,14,20H,10H2,1-5H3,(H,21,22)/t12-,14-/m1/s1. The lowest BCUT2D eigenvalue weighted by Gasteiger charge is -2.21. The number of hydrogen-bond donors (Lipinski definition) is 2. The molecule has 0 radical (unpaired) electrons. The molecule has 1 aromatic carbocycles. The number of carbonyl (C=O) groups is 1. The Bertz CT molecular complexity index is 696. The molecule has 0 spiro atoms. The van der Waals surface area contributed by atoms with Crippen LogP contribution in [0, 0.1) is 6.92 Å². The molecule has 4 nitrogen and oxygen atoms in total. The number of amides is 1. The van der Waals surface area contributed by atoms with E-state index in [4.69, 9.17) is 4.74 Å². The van der Waals surface area contributed by atoms with E-state index in [0.29, 0.717) is 17.5 Å². The van der Waals surface area contributed by atoms with E-state index in [1.807, 2.05) is 29.5 Å². The van der Waals surface area contributed by atoms with Crippen LogP contribution in [-0.2, 0) is 11.2 Å². The van der Waals surface area contributed by atoms with Crippen LogP contribution < -0.4 is 15.4 Å². The van der Waals surface area contributed by atoms with E-state index < -0.39 is 0 Å². The maximum absolute atomic E-state index is 11.4. The van der Waals surface area contributed by atoms with Crippen LogP contribution in [0.4, 0.5) is 5.69 Å². The van der Waals surface area contributed by atoms with E-state index in [1.165, 1.54) is 16.7 Å². The molecule has 0 unspecified atom stereocenters. The fourth-order valence-electron chi connectivity index (χ4n) is 2.76. The van der Waals surface area contributed by atoms with Crippen LogP contribution in [-0.4, -0.2) is 19.1 Å². The Morgan fingerprint density at radius 3 is 2.58 bits per heavy atom. The largest absolute Gasteiger partial charge is 0.495 e. The Kier molecular flexibility index (Phi) is 6.40. The minimum atomic E-state index is -0.104. The Morgan fingerprint density at radius 2 is 2.00 bits per heavy atom. The van der Waals surface area contributed by atoms with Gasteiger partial charge in [0.1, 0.15) is 5.75 Å². The number of ether oxygens (including phenoxy) is 1. The van der Waals surface area contributed by atoms with E-state index in [2.05, 4.69) is 43.5 Å². The average molecular weight is 346 g/mol. The third-order valence-corrected chi connectivity index (χ3v) is 4.90. The van der Waals surface area contributed by atoms with Crippen LogP contribution in [0.5, 0.6) is 5.75 Å². The van der Waals surface area contributed by atoms with Gasteiger partial charge < -0.3 is 15.4 Å². The quantitative estimate of drug-likeness (QED) is 0.785. The van der Waals surface area contributed by atoms with Crippen LogP contribution >= 0.6 is 11.3 Å². The van der Waals surface area contributed by atoms with Crippen molar-refractivity contribution in [3.05, 3.63) is 45.6 Å². The SMILES string of the molecule is COc1ccc([C@@H](C)N[C@H](C)Cc2ccc(C)s2)cc1NC(C)=O. The molecule has 0 saturated heterocycles. The third kappa shape index (κ3) is 5.08. The van der Waals surface area contributed by atoms with Crippen LogP contribution in [0.1, 0.15) is 42.1 Å². The predicted molar refractivity (Wildman–Crippen MR) is 101 cm³/mol. The van der Waals surface area contributed by atoms with Gasteiger partial charge in [0.25, 0.3) is 0 Å². The number of aryl methyl sites for hydroxylation is 1. The molecular formula is C19H26N2O2S. The van der Waals surface area contributed by atoms with Gasteiger partial charge in [0.2, 0.25) is 5.91 Å². The van der Waals surface area contributed by atoms with E-state index in [0.717, 1.165) is 12.0 Å². The van der Waals surface area contributed by atoms with Gasteiger partial charge in [-0.15, -0.1) is 11.3 Å². The molecule has 0 aliphatic carbocycles. The lowest BCUT2D eigenvalue weighted by atomic mass is 10.1. The van der Waals surface area contributed by atoms with Crippen LogP contribution in [0.2, 0.25) is 0 Å². The van der Waals surface area contributed by atoms with Gasteiger partial charge in [-0.05, 0) is 57.0 Å². The topological polar surface area (TPSA) is 50.4 Å². The van der Waals surface area contributed by atoms with Crippen molar-refractivity contribution >= 4 is 22.9 Å². The second kappa shape index (κ2) is 8.31. The lowest BCUT2D eigenvalue weighted by Crippen LogP contribution is -2.30. The molecule has 1 heterocycles. The van der Waals surface area contributed by atoms with Gasteiger partial charge in [-0.3, -0.25) is 4.79 Å². The zero-order chi connectivity index (χ0) is 17.7. The second-order valence-electron chi connectivity index (χ2n) is 6.15. The van der Waals surface area contributed by atoms with Crippen molar-refractivity contribution in [2.24, 2.45) is 0 Å². The molecule has 0 bridgehead atoms. The summed E-state index contributed by atoms with van der Waals surface area (Å²) >= 11 is 1.85. The maximum atomic E-state index is 11.4. The first-order valence-corrected chi connectivity index (χ1v) is 8.97. The molecule has 2 N–H and O–H groups in total. The number of anilines is 1. The fraction of sp³-hybridized carbons (Fsp3) is 0.421. The van der Waals surface area contributed by atoms with Crippen molar-refractivity contribution in [1.82, 2.24) is 5.32 Å². The number of nitrogens with one attached hydrogen (secondary N) is 2. The monoisotopic (exact) mass is 346 g/mol. The molecule has 130 valence electrons. The summed E-state index contributed by atoms with van der Waals surface area (Å²) in [5.74, 6) is 0.566. The van der Waals surface area contributed by atoms with Crippen LogP contribution in [0.25, 0.3) is 0 Å². The molecule has 0 aliphatic heterocycles. The number of benzene rings is 1. The number of hydrogen-bond acceptors (Lipinski definition) is 4. The highest BCUT2D eigenvalue weighted by Gasteiger charge is 2.13. The zero-order valence-electron chi connectivity index (χ0n) is 15.0. The third-order valence-electron chi connectivity index (χ3n) is 3.87. The summed E-state index contributed by atoms with van der Waals surface area (Å²) in [6.07, 6.45) is 1.01. The predicted octanol–water partition coefficient (Wildman–Crippen LogP) is 4.31. The maximum Gasteiger partial charge on any atom is 0.221 e. The Balaban J connectivity index is 2.05. The molecule has 2 rings (SSSR count). The van der Waals surface area contributed by atoms with Crippen molar-refractivity contribution in [3.63, 3.8) is 0 Å². The minimum absolute atomic E-state index is 0.104. The molecule has 0 aliphatic rings. The Morgan fingerprint density at radius 1 is 1.25 bits per heavy atom. The summed E-state index contributed by atoms with van der Waals surface area (Å²) in [6.45, 7) is 7.97. The first-order valence-electron chi connectivity index (χ1n) is 8.16. The van der Waals surface area contributed by atoms with Crippen molar-refractivity contribution < 1.29 is 9.53 Å². The Hall–Kier alpha value is -1.85. The number of carbonyl (C=O) groups excluding carboxylic acids is 1.